The number of hydrogen-bond acceptors (Lipinski definition) is 9. The smallest absolute Gasteiger partial charge is 0.407 e. The number of rotatable bonds is 15. The summed E-state index contributed by atoms with van der Waals surface area (Å²) in [6, 6.07) is 12.0. The Hall–Kier alpha value is -3.43. The Morgan fingerprint density at radius 1 is 1.04 bits per heavy atom. The molecule has 49 heavy (non-hydrogen) atoms. The van der Waals surface area contributed by atoms with Crippen LogP contribution in [0.2, 0.25) is 0 Å². The summed E-state index contributed by atoms with van der Waals surface area (Å²) in [5, 5.41) is 25.7. The fourth-order valence-electron chi connectivity index (χ4n) is 7.19. The van der Waals surface area contributed by atoms with Gasteiger partial charge in [0.05, 0.1) is 36.3 Å². The van der Waals surface area contributed by atoms with Crippen LogP contribution in [0.1, 0.15) is 51.5 Å². The van der Waals surface area contributed by atoms with Crippen LogP contribution in [0.25, 0.3) is 0 Å². The van der Waals surface area contributed by atoms with E-state index >= 15 is 0 Å². The molecule has 3 heterocycles. The number of amides is 2. The number of ether oxygens (including phenoxy) is 4. The third-order valence-corrected chi connectivity index (χ3v) is 12.0. The first kappa shape index (κ1) is 35.4. The van der Waals surface area contributed by atoms with Gasteiger partial charge in [0, 0.05) is 37.5 Å². The van der Waals surface area contributed by atoms with Gasteiger partial charge in [-0.05, 0) is 55.2 Å². The Balaban J connectivity index is 1.29. The molecule has 0 radical (unpaired) electrons. The number of carboxylic acid groups (broad SMARTS) is 1. The quantitative estimate of drug-likeness (QED) is 0.251. The first-order valence-corrected chi connectivity index (χ1v) is 18.5. The third-order valence-electron chi connectivity index (χ3n) is 10.2. The number of nitrogens with zero attached hydrogens (tertiary/aromatic N) is 2. The molecule has 3 N–H and O–H groups in total. The minimum atomic E-state index is -4.25. The van der Waals surface area contributed by atoms with Crippen LogP contribution in [0.3, 0.4) is 0 Å². The van der Waals surface area contributed by atoms with Gasteiger partial charge < -0.3 is 34.5 Å². The molecule has 6 rings (SSSR count). The SMILES string of the molecule is CC(C)(CCNC(=O)C1CCC1)CN(C[C@@H](O)[C@H](Cc1ccccc1)N(C(=O)O)[C@H]1CO[C@H]2OCC[C@H]21)S(=O)(=O)c1ccc2c(c1)OCO2. The van der Waals surface area contributed by atoms with Crippen LogP contribution >= 0.6 is 0 Å². The van der Waals surface area contributed by atoms with E-state index in [0.29, 0.717) is 37.5 Å². The Labute approximate surface area is 287 Å². The summed E-state index contributed by atoms with van der Waals surface area (Å²) in [6.45, 7) is 4.35. The summed E-state index contributed by atoms with van der Waals surface area (Å²) in [6.07, 6.45) is 0.888. The van der Waals surface area contributed by atoms with E-state index in [2.05, 4.69) is 5.32 Å². The molecule has 13 nitrogen and oxygen atoms in total. The highest BCUT2D eigenvalue weighted by atomic mass is 32.2. The molecule has 0 aromatic heterocycles. The molecule has 0 bridgehead atoms. The van der Waals surface area contributed by atoms with Crippen molar-refractivity contribution in [2.45, 2.75) is 81.7 Å². The van der Waals surface area contributed by atoms with Crippen LogP contribution in [0.5, 0.6) is 11.5 Å². The van der Waals surface area contributed by atoms with Crippen molar-refractivity contribution in [2.75, 3.05) is 39.6 Å². The van der Waals surface area contributed by atoms with Crippen molar-refractivity contribution >= 4 is 22.0 Å². The zero-order valence-electron chi connectivity index (χ0n) is 28.0. The molecule has 3 aliphatic heterocycles. The largest absolute Gasteiger partial charge is 0.465 e. The summed E-state index contributed by atoms with van der Waals surface area (Å²) in [5.41, 5.74) is 0.161. The molecule has 3 fully saturated rings. The van der Waals surface area contributed by atoms with Crippen LogP contribution in [0.15, 0.2) is 53.4 Å². The maximum Gasteiger partial charge on any atom is 0.407 e. The molecule has 1 saturated carbocycles. The second-order valence-electron chi connectivity index (χ2n) is 14.3. The molecule has 14 heteroatoms. The lowest BCUT2D eigenvalue weighted by Gasteiger charge is -2.40. The fourth-order valence-corrected chi connectivity index (χ4v) is 8.86. The summed E-state index contributed by atoms with van der Waals surface area (Å²) in [5.74, 6) is 0.583. The van der Waals surface area contributed by atoms with Gasteiger partial charge in [-0.2, -0.15) is 4.31 Å². The number of benzene rings is 2. The van der Waals surface area contributed by atoms with Crippen molar-refractivity contribution in [3.63, 3.8) is 0 Å². The summed E-state index contributed by atoms with van der Waals surface area (Å²) >= 11 is 0. The van der Waals surface area contributed by atoms with Crippen molar-refractivity contribution in [1.82, 2.24) is 14.5 Å². The Morgan fingerprint density at radius 3 is 2.51 bits per heavy atom. The Kier molecular flexibility index (Phi) is 10.7. The number of aliphatic hydroxyl groups is 1. The van der Waals surface area contributed by atoms with E-state index in [4.69, 9.17) is 18.9 Å². The number of fused-ring (bicyclic) bond motifs is 2. The molecule has 2 saturated heterocycles. The number of nitrogens with one attached hydrogen (secondary N) is 1. The van der Waals surface area contributed by atoms with Gasteiger partial charge in [0.25, 0.3) is 0 Å². The van der Waals surface area contributed by atoms with E-state index in [-0.39, 0.29) is 55.5 Å². The fraction of sp³-hybridized carbons (Fsp3) is 0.600. The van der Waals surface area contributed by atoms with Gasteiger partial charge in [-0.1, -0.05) is 50.6 Å². The van der Waals surface area contributed by atoms with Gasteiger partial charge in [-0.15, -0.1) is 0 Å². The minimum absolute atomic E-state index is 0.00363. The third kappa shape index (κ3) is 7.99. The molecule has 2 amide bonds. The molecule has 5 atom stereocenters. The number of carbonyl (C=O) groups excluding carboxylic acids is 1. The second-order valence-corrected chi connectivity index (χ2v) is 16.2. The highest BCUT2D eigenvalue weighted by Crippen LogP contribution is 2.38. The molecule has 2 aromatic rings. The zero-order valence-corrected chi connectivity index (χ0v) is 28.8. The number of carbonyl (C=O) groups is 2. The van der Waals surface area contributed by atoms with Crippen LogP contribution in [-0.4, -0.2) is 104 Å². The van der Waals surface area contributed by atoms with E-state index in [1.54, 1.807) is 0 Å². The van der Waals surface area contributed by atoms with Crippen molar-refractivity contribution in [1.29, 1.82) is 0 Å². The van der Waals surface area contributed by atoms with Crippen LogP contribution in [0, 0.1) is 17.3 Å². The van der Waals surface area contributed by atoms with Gasteiger partial charge in [-0.3, -0.25) is 9.69 Å². The van der Waals surface area contributed by atoms with Crippen LogP contribution < -0.4 is 14.8 Å². The lowest BCUT2D eigenvalue weighted by molar-refractivity contribution is -0.127. The summed E-state index contributed by atoms with van der Waals surface area (Å²) < 4.78 is 52.4. The van der Waals surface area contributed by atoms with Crippen molar-refractivity contribution < 1.29 is 47.2 Å². The normalized spacial score (nSPS) is 23.1. The first-order chi connectivity index (χ1) is 23.4. The van der Waals surface area contributed by atoms with Crippen LogP contribution in [0.4, 0.5) is 4.79 Å². The summed E-state index contributed by atoms with van der Waals surface area (Å²) in [7, 11) is -4.25. The second kappa shape index (κ2) is 14.8. The number of aliphatic hydroxyl groups excluding tert-OH is 1. The van der Waals surface area contributed by atoms with Gasteiger partial charge in [0.1, 0.15) is 0 Å². The van der Waals surface area contributed by atoms with Crippen molar-refractivity contribution in [2.24, 2.45) is 17.3 Å². The van der Waals surface area contributed by atoms with E-state index in [9.17, 15) is 28.2 Å². The van der Waals surface area contributed by atoms with Gasteiger partial charge >= 0.3 is 6.09 Å². The molecular formula is C35H47N3O10S. The zero-order chi connectivity index (χ0) is 34.8. The van der Waals surface area contributed by atoms with Gasteiger partial charge in [-0.25, -0.2) is 13.2 Å². The molecular weight excluding hydrogens is 654 g/mol. The average Bonchev–Trinajstić information content (AvgIpc) is 3.78. The van der Waals surface area contributed by atoms with Crippen molar-refractivity contribution in [3.05, 3.63) is 54.1 Å². The monoisotopic (exact) mass is 701 g/mol. The van der Waals surface area contributed by atoms with E-state index in [1.165, 1.54) is 27.4 Å². The van der Waals surface area contributed by atoms with Crippen LogP contribution in [-0.2, 0) is 30.7 Å². The standard InChI is InChI=1S/C35H47N3O10S/c1-35(2,14-15-36-32(40)24-9-6-10-24)21-37(49(43,44)25-11-12-30-31(18-25)48-22-47-30)19-29(39)27(17-23-7-4-3-5-8-23)38(34(41)42)28-20-46-33-26(28)13-16-45-33/h3-5,7-8,11-12,18,24,26-29,33,39H,6,9-10,13-17,19-22H2,1-2H3,(H,36,40)(H,41,42)/t26-,27-,28-,29+,33+/m0/s1. The average molecular weight is 702 g/mol. The van der Waals surface area contributed by atoms with E-state index < -0.39 is 46.0 Å². The van der Waals surface area contributed by atoms with E-state index in [0.717, 1.165) is 24.8 Å². The lowest BCUT2D eigenvalue weighted by Crippen LogP contribution is -2.58. The minimum Gasteiger partial charge on any atom is -0.465 e. The molecule has 2 aromatic carbocycles. The lowest BCUT2D eigenvalue weighted by atomic mass is 9.84. The highest BCUT2D eigenvalue weighted by Gasteiger charge is 2.49. The number of hydrogen-bond donors (Lipinski definition) is 3. The predicted molar refractivity (Wildman–Crippen MR) is 177 cm³/mol. The number of sulfonamides is 1. The molecule has 1 aliphatic carbocycles. The predicted octanol–water partition coefficient (Wildman–Crippen LogP) is 3.45. The molecule has 0 spiro atoms. The van der Waals surface area contributed by atoms with Gasteiger partial charge in [0.2, 0.25) is 22.7 Å². The Bertz CT molecular complexity index is 1590. The van der Waals surface area contributed by atoms with Gasteiger partial charge in [0.15, 0.2) is 17.8 Å². The Morgan fingerprint density at radius 2 is 1.80 bits per heavy atom. The first-order valence-electron chi connectivity index (χ1n) is 17.1. The molecule has 0 unspecified atom stereocenters. The highest BCUT2D eigenvalue weighted by molar-refractivity contribution is 7.89. The molecule has 4 aliphatic rings. The maximum absolute atomic E-state index is 14.4. The van der Waals surface area contributed by atoms with E-state index in [1.807, 2.05) is 44.2 Å². The van der Waals surface area contributed by atoms with Crippen molar-refractivity contribution in [3.8, 4) is 11.5 Å². The maximum atomic E-state index is 14.4. The topological polar surface area (TPSA) is 164 Å². The molecule has 268 valence electrons. The summed E-state index contributed by atoms with van der Waals surface area (Å²) in [4.78, 5) is 26.7.